The van der Waals surface area contributed by atoms with Gasteiger partial charge in [0.25, 0.3) is 0 Å². The number of ether oxygens (including phenoxy) is 1. The third kappa shape index (κ3) is 7.65. The maximum atomic E-state index is 11.2. The molecule has 22 heavy (non-hydrogen) atoms. The summed E-state index contributed by atoms with van der Waals surface area (Å²) < 4.78 is 4.43. The SMILES string of the molecule is C=C(C)C(=O)OC(=O)C(C)(C)CO.CCC(CO)(CO)CO. The molecule has 0 aromatic heterocycles. The number of hydrogen-bond donors (Lipinski definition) is 4. The number of aliphatic hydroxyl groups excluding tert-OH is 4. The second-order valence-corrected chi connectivity index (χ2v) is 5.83. The lowest BCUT2D eigenvalue weighted by Crippen LogP contribution is -2.32. The van der Waals surface area contributed by atoms with Crippen molar-refractivity contribution in [2.24, 2.45) is 10.8 Å². The van der Waals surface area contributed by atoms with E-state index in [0.29, 0.717) is 6.42 Å². The normalized spacial score (nSPS) is 11.3. The van der Waals surface area contributed by atoms with Gasteiger partial charge in [0.05, 0.1) is 31.8 Å². The van der Waals surface area contributed by atoms with E-state index in [4.69, 9.17) is 20.4 Å². The highest BCUT2D eigenvalue weighted by atomic mass is 16.6. The lowest BCUT2D eigenvalue weighted by atomic mass is 9.88. The van der Waals surface area contributed by atoms with Crippen LogP contribution in [0.2, 0.25) is 0 Å². The molecule has 7 heteroatoms. The van der Waals surface area contributed by atoms with Crippen molar-refractivity contribution < 1.29 is 34.8 Å². The summed E-state index contributed by atoms with van der Waals surface area (Å²) in [7, 11) is 0. The maximum Gasteiger partial charge on any atom is 0.340 e. The minimum absolute atomic E-state index is 0.155. The first-order valence-electron chi connectivity index (χ1n) is 6.91. The van der Waals surface area contributed by atoms with Crippen molar-refractivity contribution in [1.29, 1.82) is 0 Å². The highest BCUT2D eigenvalue weighted by molar-refractivity contribution is 5.96. The van der Waals surface area contributed by atoms with Crippen LogP contribution < -0.4 is 0 Å². The second-order valence-electron chi connectivity index (χ2n) is 5.83. The standard InChI is InChI=1S/C9H14O4.C6H14O3/c1-6(2)7(11)13-8(12)9(3,4)5-10;1-2-6(3-7,4-8)5-9/h10H,1,5H2,2-4H3;7-9H,2-5H2,1H3. The van der Waals surface area contributed by atoms with Crippen molar-refractivity contribution in [1.82, 2.24) is 0 Å². The van der Waals surface area contributed by atoms with Crippen molar-refractivity contribution in [3.63, 3.8) is 0 Å². The van der Waals surface area contributed by atoms with Gasteiger partial charge in [-0.05, 0) is 27.2 Å². The van der Waals surface area contributed by atoms with Gasteiger partial charge in [0.1, 0.15) is 0 Å². The number of carbonyl (C=O) groups is 2. The topological polar surface area (TPSA) is 124 Å². The van der Waals surface area contributed by atoms with E-state index in [9.17, 15) is 9.59 Å². The predicted octanol–water partition coefficient (Wildman–Crippen LogP) is 0.0105. The quantitative estimate of drug-likeness (QED) is 0.296. The molecule has 0 atom stereocenters. The Morgan fingerprint density at radius 3 is 1.59 bits per heavy atom. The van der Waals surface area contributed by atoms with E-state index in [0.717, 1.165) is 0 Å². The van der Waals surface area contributed by atoms with Crippen LogP contribution in [0, 0.1) is 10.8 Å². The third-order valence-electron chi connectivity index (χ3n) is 3.24. The van der Waals surface area contributed by atoms with Gasteiger partial charge in [0.2, 0.25) is 0 Å². The van der Waals surface area contributed by atoms with Crippen molar-refractivity contribution in [3.05, 3.63) is 12.2 Å². The molecule has 0 amide bonds. The van der Waals surface area contributed by atoms with Gasteiger partial charge < -0.3 is 25.2 Å². The zero-order chi connectivity index (χ0) is 18.0. The van der Waals surface area contributed by atoms with Crippen molar-refractivity contribution in [3.8, 4) is 0 Å². The molecule has 0 heterocycles. The number of aliphatic hydroxyl groups is 4. The lowest BCUT2D eigenvalue weighted by Gasteiger charge is -2.24. The minimum Gasteiger partial charge on any atom is -0.396 e. The Morgan fingerprint density at radius 1 is 1.00 bits per heavy atom. The fourth-order valence-corrected chi connectivity index (χ4v) is 0.859. The first kappa shape index (κ1) is 23.0. The fraction of sp³-hybridized carbons (Fsp3) is 0.733. The van der Waals surface area contributed by atoms with Crippen LogP contribution in [0.5, 0.6) is 0 Å². The molecule has 0 aliphatic heterocycles. The smallest absolute Gasteiger partial charge is 0.340 e. The molecule has 0 saturated heterocycles. The van der Waals surface area contributed by atoms with Gasteiger partial charge in [-0.2, -0.15) is 0 Å². The van der Waals surface area contributed by atoms with Crippen LogP contribution >= 0.6 is 0 Å². The first-order chi connectivity index (χ1) is 10.1. The zero-order valence-electron chi connectivity index (χ0n) is 13.8. The third-order valence-corrected chi connectivity index (χ3v) is 3.24. The highest BCUT2D eigenvalue weighted by Gasteiger charge is 2.30. The average molecular weight is 320 g/mol. The molecule has 0 aromatic carbocycles. The summed E-state index contributed by atoms with van der Waals surface area (Å²) in [5, 5.41) is 34.8. The van der Waals surface area contributed by atoms with Crippen LogP contribution in [0.3, 0.4) is 0 Å². The van der Waals surface area contributed by atoms with E-state index in [1.54, 1.807) is 0 Å². The van der Waals surface area contributed by atoms with Crippen LogP contribution in [0.25, 0.3) is 0 Å². The van der Waals surface area contributed by atoms with E-state index < -0.39 is 22.8 Å². The molecule has 4 N–H and O–H groups in total. The van der Waals surface area contributed by atoms with Gasteiger partial charge in [-0.1, -0.05) is 13.5 Å². The van der Waals surface area contributed by atoms with Gasteiger partial charge in [0, 0.05) is 11.0 Å². The van der Waals surface area contributed by atoms with Gasteiger partial charge in [-0.25, -0.2) is 4.79 Å². The number of esters is 2. The molecule has 0 saturated carbocycles. The van der Waals surface area contributed by atoms with Crippen molar-refractivity contribution >= 4 is 11.9 Å². The molecular formula is C15H28O7. The van der Waals surface area contributed by atoms with Crippen molar-refractivity contribution in [2.75, 3.05) is 26.4 Å². The lowest BCUT2D eigenvalue weighted by molar-refractivity contribution is -0.165. The molecule has 0 spiro atoms. The van der Waals surface area contributed by atoms with E-state index in [-0.39, 0.29) is 32.0 Å². The summed E-state index contributed by atoms with van der Waals surface area (Å²) >= 11 is 0. The summed E-state index contributed by atoms with van der Waals surface area (Å²) in [6, 6.07) is 0. The second kappa shape index (κ2) is 10.4. The largest absolute Gasteiger partial charge is 0.396 e. The Hall–Kier alpha value is -1.28. The molecule has 0 radical (unpaired) electrons. The monoisotopic (exact) mass is 320 g/mol. The molecule has 130 valence electrons. The van der Waals surface area contributed by atoms with E-state index in [1.165, 1.54) is 20.8 Å². The van der Waals surface area contributed by atoms with E-state index >= 15 is 0 Å². The summed E-state index contributed by atoms with van der Waals surface area (Å²) in [6.07, 6.45) is 0.594. The summed E-state index contributed by atoms with van der Waals surface area (Å²) in [5.74, 6) is -1.51. The maximum absolute atomic E-state index is 11.2. The van der Waals surface area contributed by atoms with Gasteiger partial charge in [-0.3, -0.25) is 4.79 Å². The van der Waals surface area contributed by atoms with Crippen LogP contribution in [0.15, 0.2) is 12.2 Å². The molecule has 0 aliphatic rings. The van der Waals surface area contributed by atoms with Crippen molar-refractivity contribution in [2.45, 2.75) is 34.1 Å². The molecule has 0 bridgehead atoms. The zero-order valence-corrected chi connectivity index (χ0v) is 13.8. The summed E-state index contributed by atoms with van der Waals surface area (Å²) in [5.41, 5.74) is -1.56. The minimum atomic E-state index is -1.05. The molecular weight excluding hydrogens is 292 g/mol. The van der Waals surface area contributed by atoms with Crippen LogP contribution in [0.1, 0.15) is 34.1 Å². The fourth-order valence-electron chi connectivity index (χ4n) is 0.859. The highest BCUT2D eigenvalue weighted by Crippen LogP contribution is 2.18. The Labute approximate surface area is 131 Å². The molecule has 0 fully saturated rings. The average Bonchev–Trinajstić information content (AvgIpc) is 2.50. The Morgan fingerprint density at radius 2 is 1.41 bits per heavy atom. The van der Waals surface area contributed by atoms with Gasteiger partial charge in [-0.15, -0.1) is 0 Å². The number of carbonyl (C=O) groups excluding carboxylic acids is 2. The summed E-state index contributed by atoms with van der Waals surface area (Å²) in [4.78, 5) is 22.1. The van der Waals surface area contributed by atoms with Gasteiger partial charge >= 0.3 is 11.9 Å². The molecule has 0 rings (SSSR count). The van der Waals surface area contributed by atoms with Crippen LogP contribution in [-0.2, 0) is 14.3 Å². The number of hydrogen-bond acceptors (Lipinski definition) is 7. The molecule has 0 unspecified atom stereocenters. The predicted molar refractivity (Wildman–Crippen MR) is 80.8 cm³/mol. The molecule has 0 aromatic rings. The molecule has 0 aliphatic carbocycles. The Balaban J connectivity index is 0. The molecule has 7 nitrogen and oxygen atoms in total. The van der Waals surface area contributed by atoms with Crippen LogP contribution in [-0.4, -0.2) is 58.8 Å². The van der Waals surface area contributed by atoms with Crippen LogP contribution in [0.4, 0.5) is 0 Å². The summed E-state index contributed by atoms with van der Waals surface area (Å²) in [6.45, 7) is 8.73. The van der Waals surface area contributed by atoms with Gasteiger partial charge in [0.15, 0.2) is 0 Å². The Bertz CT molecular complexity index is 353. The Kier molecular flexibility index (Phi) is 10.9. The van der Waals surface area contributed by atoms with E-state index in [1.807, 2.05) is 6.92 Å². The van der Waals surface area contributed by atoms with E-state index in [2.05, 4.69) is 11.3 Å². The first-order valence-corrected chi connectivity index (χ1v) is 6.91. The number of rotatable bonds is 7.